The van der Waals surface area contributed by atoms with Gasteiger partial charge < -0.3 is 11.1 Å². The van der Waals surface area contributed by atoms with Crippen molar-refractivity contribution in [3.8, 4) is 0 Å². The molecule has 0 fully saturated rings. The number of anilines is 1. The SMILES string of the molecule is NC(=O)c1ccsc1NC(=O)c1cccc([N+](=O)[O-])c1Cl. The number of benzene rings is 1. The molecule has 2 rings (SSSR count). The molecular formula is C12H8ClN3O4S. The van der Waals surface area contributed by atoms with Crippen LogP contribution in [-0.4, -0.2) is 16.7 Å². The second-order valence-corrected chi connectivity index (χ2v) is 5.17. The van der Waals surface area contributed by atoms with Gasteiger partial charge in [-0.15, -0.1) is 11.3 Å². The molecule has 2 amide bonds. The number of carbonyl (C=O) groups excluding carboxylic acids is 2. The first-order chi connectivity index (χ1) is 9.91. The Kier molecular flexibility index (Phi) is 4.20. The number of thiophene rings is 1. The fraction of sp³-hybridized carbons (Fsp3) is 0. The second kappa shape index (κ2) is 5.90. The average Bonchev–Trinajstić information content (AvgIpc) is 2.86. The molecule has 0 bridgehead atoms. The molecule has 3 N–H and O–H groups in total. The van der Waals surface area contributed by atoms with Gasteiger partial charge in [0, 0.05) is 6.07 Å². The molecule has 0 radical (unpaired) electrons. The lowest BCUT2D eigenvalue weighted by Crippen LogP contribution is -2.17. The van der Waals surface area contributed by atoms with Crippen molar-refractivity contribution in [2.45, 2.75) is 0 Å². The molecule has 0 aliphatic rings. The first-order valence-electron chi connectivity index (χ1n) is 5.53. The van der Waals surface area contributed by atoms with Gasteiger partial charge in [-0.05, 0) is 17.5 Å². The molecule has 0 atom stereocenters. The lowest BCUT2D eigenvalue weighted by molar-refractivity contribution is -0.384. The molecular weight excluding hydrogens is 318 g/mol. The van der Waals surface area contributed by atoms with Gasteiger partial charge in [-0.2, -0.15) is 0 Å². The summed E-state index contributed by atoms with van der Waals surface area (Å²) >= 11 is 6.96. The number of nitro groups is 1. The molecule has 0 unspecified atom stereocenters. The molecule has 0 spiro atoms. The van der Waals surface area contributed by atoms with Crippen molar-refractivity contribution >= 4 is 45.4 Å². The van der Waals surface area contributed by atoms with Crippen LogP contribution >= 0.6 is 22.9 Å². The van der Waals surface area contributed by atoms with E-state index in [1.165, 1.54) is 24.3 Å². The van der Waals surface area contributed by atoms with Crippen molar-refractivity contribution < 1.29 is 14.5 Å². The molecule has 0 aliphatic carbocycles. The summed E-state index contributed by atoms with van der Waals surface area (Å²) in [5.41, 5.74) is 4.90. The highest BCUT2D eigenvalue weighted by molar-refractivity contribution is 7.14. The van der Waals surface area contributed by atoms with E-state index in [9.17, 15) is 19.7 Å². The van der Waals surface area contributed by atoms with Crippen LogP contribution in [0.3, 0.4) is 0 Å². The van der Waals surface area contributed by atoms with Crippen LogP contribution in [0.5, 0.6) is 0 Å². The minimum Gasteiger partial charge on any atom is -0.366 e. The van der Waals surface area contributed by atoms with E-state index in [2.05, 4.69) is 5.32 Å². The van der Waals surface area contributed by atoms with Crippen LogP contribution in [0.1, 0.15) is 20.7 Å². The largest absolute Gasteiger partial charge is 0.366 e. The van der Waals surface area contributed by atoms with E-state index in [1.807, 2.05) is 0 Å². The topological polar surface area (TPSA) is 115 Å². The van der Waals surface area contributed by atoms with Crippen LogP contribution < -0.4 is 11.1 Å². The highest BCUT2D eigenvalue weighted by Crippen LogP contribution is 2.29. The van der Waals surface area contributed by atoms with Gasteiger partial charge in [0.1, 0.15) is 10.0 Å². The van der Waals surface area contributed by atoms with E-state index >= 15 is 0 Å². The van der Waals surface area contributed by atoms with Crippen molar-refractivity contribution in [1.29, 1.82) is 0 Å². The Hall–Kier alpha value is -2.45. The molecule has 9 heteroatoms. The van der Waals surface area contributed by atoms with Gasteiger partial charge in [-0.25, -0.2) is 0 Å². The molecule has 0 saturated heterocycles. The Morgan fingerprint density at radius 2 is 2.00 bits per heavy atom. The number of nitrogens with zero attached hydrogens (tertiary/aromatic N) is 1. The lowest BCUT2D eigenvalue weighted by Gasteiger charge is -2.06. The normalized spacial score (nSPS) is 10.1. The molecule has 0 aliphatic heterocycles. The summed E-state index contributed by atoms with van der Waals surface area (Å²) in [5.74, 6) is -1.34. The predicted octanol–water partition coefficient (Wildman–Crippen LogP) is 2.66. The Balaban J connectivity index is 2.33. The molecule has 2 aromatic rings. The number of amides is 2. The van der Waals surface area contributed by atoms with Crippen LogP contribution in [0.25, 0.3) is 0 Å². The first-order valence-corrected chi connectivity index (χ1v) is 6.79. The van der Waals surface area contributed by atoms with Crippen molar-refractivity contribution in [3.05, 3.63) is 55.9 Å². The van der Waals surface area contributed by atoms with Crippen LogP contribution in [-0.2, 0) is 0 Å². The molecule has 0 saturated carbocycles. The number of hydrogen-bond acceptors (Lipinski definition) is 5. The summed E-state index contributed by atoms with van der Waals surface area (Å²) in [6.45, 7) is 0. The number of nitro benzene ring substituents is 1. The van der Waals surface area contributed by atoms with E-state index < -0.39 is 16.7 Å². The maximum atomic E-state index is 12.1. The second-order valence-electron chi connectivity index (χ2n) is 3.88. The quantitative estimate of drug-likeness (QED) is 0.664. The number of carbonyl (C=O) groups is 2. The third kappa shape index (κ3) is 3.01. The smallest absolute Gasteiger partial charge is 0.288 e. The minimum absolute atomic E-state index is 0.0605. The van der Waals surface area contributed by atoms with Gasteiger partial charge >= 0.3 is 0 Å². The van der Waals surface area contributed by atoms with Crippen molar-refractivity contribution in [3.63, 3.8) is 0 Å². The fourth-order valence-corrected chi connectivity index (χ4v) is 2.67. The predicted molar refractivity (Wildman–Crippen MR) is 78.9 cm³/mol. The van der Waals surface area contributed by atoms with Crippen LogP contribution in [0.4, 0.5) is 10.7 Å². The highest BCUT2D eigenvalue weighted by atomic mass is 35.5. The first kappa shape index (κ1) is 14.9. The van der Waals surface area contributed by atoms with Crippen molar-refractivity contribution in [2.24, 2.45) is 5.73 Å². The Labute approximate surface area is 127 Å². The van der Waals surface area contributed by atoms with Gasteiger partial charge in [0.15, 0.2) is 0 Å². The van der Waals surface area contributed by atoms with E-state index in [0.717, 1.165) is 11.3 Å². The Morgan fingerprint density at radius 3 is 2.62 bits per heavy atom. The van der Waals surface area contributed by atoms with E-state index in [-0.39, 0.29) is 26.8 Å². The summed E-state index contributed by atoms with van der Waals surface area (Å²) in [5, 5.41) is 14.8. The van der Waals surface area contributed by atoms with Crippen molar-refractivity contribution in [2.75, 3.05) is 5.32 Å². The number of nitrogens with two attached hydrogens (primary N) is 1. The third-order valence-electron chi connectivity index (χ3n) is 2.58. The molecule has 1 heterocycles. The zero-order valence-electron chi connectivity index (χ0n) is 10.3. The van der Waals surface area contributed by atoms with E-state index in [4.69, 9.17) is 17.3 Å². The summed E-state index contributed by atoms with van der Waals surface area (Å²) in [4.78, 5) is 33.4. The van der Waals surface area contributed by atoms with Crippen LogP contribution in [0, 0.1) is 10.1 Å². The average molecular weight is 326 g/mol. The van der Waals surface area contributed by atoms with Crippen LogP contribution in [0.2, 0.25) is 5.02 Å². The number of primary amides is 1. The summed E-state index contributed by atoms with van der Waals surface area (Å²) in [7, 11) is 0. The number of halogens is 1. The van der Waals surface area contributed by atoms with Gasteiger partial charge in [-0.3, -0.25) is 19.7 Å². The highest BCUT2D eigenvalue weighted by Gasteiger charge is 2.21. The summed E-state index contributed by atoms with van der Waals surface area (Å²) < 4.78 is 0. The van der Waals surface area contributed by atoms with Gasteiger partial charge in [0.2, 0.25) is 0 Å². The number of nitrogens with one attached hydrogen (secondary N) is 1. The standard InChI is InChI=1S/C12H8ClN3O4S/c13-9-6(2-1-3-8(9)16(19)20)11(18)15-12-7(10(14)17)4-5-21-12/h1-5H,(H2,14,17)(H,15,18). The van der Waals surface area contributed by atoms with Gasteiger partial charge in [-0.1, -0.05) is 17.7 Å². The number of hydrogen-bond donors (Lipinski definition) is 2. The van der Waals surface area contributed by atoms with E-state index in [1.54, 1.807) is 5.38 Å². The molecule has 1 aromatic carbocycles. The Morgan fingerprint density at radius 1 is 1.29 bits per heavy atom. The molecule has 7 nitrogen and oxygen atoms in total. The number of rotatable bonds is 4. The zero-order chi connectivity index (χ0) is 15.6. The van der Waals surface area contributed by atoms with Gasteiger partial charge in [0.05, 0.1) is 16.1 Å². The van der Waals surface area contributed by atoms with E-state index in [0.29, 0.717) is 0 Å². The molecule has 108 valence electrons. The summed E-state index contributed by atoms with van der Waals surface area (Å²) in [6, 6.07) is 5.36. The fourth-order valence-electron chi connectivity index (χ4n) is 1.61. The monoisotopic (exact) mass is 325 g/mol. The maximum absolute atomic E-state index is 12.1. The minimum atomic E-state index is -0.684. The third-order valence-corrected chi connectivity index (χ3v) is 3.80. The zero-order valence-corrected chi connectivity index (χ0v) is 11.9. The summed E-state index contributed by atoms with van der Waals surface area (Å²) in [6.07, 6.45) is 0. The molecule has 21 heavy (non-hydrogen) atoms. The Bertz CT molecular complexity index is 744. The van der Waals surface area contributed by atoms with Crippen LogP contribution in [0.15, 0.2) is 29.6 Å². The van der Waals surface area contributed by atoms with Gasteiger partial charge in [0.25, 0.3) is 17.5 Å². The lowest BCUT2D eigenvalue weighted by atomic mass is 10.2. The maximum Gasteiger partial charge on any atom is 0.288 e. The molecule has 1 aromatic heterocycles. The van der Waals surface area contributed by atoms with Crippen molar-refractivity contribution in [1.82, 2.24) is 0 Å².